The second kappa shape index (κ2) is 9.75. The van der Waals surface area contributed by atoms with E-state index in [1.54, 1.807) is 14.2 Å². The molecule has 6 heteroatoms. The van der Waals surface area contributed by atoms with Gasteiger partial charge in [0.05, 0.1) is 19.3 Å². The first-order valence-electron chi connectivity index (χ1n) is 10.8. The Morgan fingerprint density at radius 2 is 1.91 bits per heavy atom. The van der Waals surface area contributed by atoms with Crippen molar-refractivity contribution in [1.82, 2.24) is 10.6 Å². The standard InChI is InChI=1S/C26H29N3O3/c1-18(20-7-6-8-22(15-20)31-3)28-16-23-17-29(24-9-4-5-10-25(24)32-23)21-13-11-19(12-14-21)26(30)27-2/h4-15,18,23,28H,16-17H2,1-3H3,(H,27,30)/t18-,23?/m1/s1. The molecule has 0 bridgehead atoms. The molecule has 2 N–H and O–H groups in total. The van der Waals surface area contributed by atoms with E-state index in [2.05, 4.69) is 40.7 Å². The number of hydrogen-bond acceptors (Lipinski definition) is 5. The van der Waals surface area contributed by atoms with Gasteiger partial charge in [0, 0.05) is 30.9 Å². The number of ether oxygens (including phenoxy) is 2. The number of carbonyl (C=O) groups excluding carboxylic acids is 1. The molecule has 2 atom stereocenters. The summed E-state index contributed by atoms with van der Waals surface area (Å²) in [6.45, 7) is 3.54. The lowest BCUT2D eigenvalue weighted by atomic mass is 10.1. The van der Waals surface area contributed by atoms with Gasteiger partial charge < -0.3 is 25.0 Å². The lowest BCUT2D eigenvalue weighted by Crippen LogP contribution is -2.44. The zero-order valence-electron chi connectivity index (χ0n) is 18.7. The molecule has 0 fully saturated rings. The molecular weight excluding hydrogens is 402 g/mol. The van der Waals surface area contributed by atoms with Crippen molar-refractivity contribution in [3.05, 3.63) is 83.9 Å². The Bertz CT molecular complexity index is 1070. The van der Waals surface area contributed by atoms with Gasteiger partial charge in [0.15, 0.2) is 0 Å². The van der Waals surface area contributed by atoms with Gasteiger partial charge >= 0.3 is 0 Å². The fraction of sp³-hybridized carbons (Fsp3) is 0.269. The van der Waals surface area contributed by atoms with Gasteiger partial charge in [-0.15, -0.1) is 0 Å². The van der Waals surface area contributed by atoms with Crippen LogP contribution in [0.15, 0.2) is 72.8 Å². The van der Waals surface area contributed by atoms with E-state index in [1.165, 1.54) is 5.56 Å². The van der Waals surface area contributed by atoms with Crippen LogP contribution in [-0.2, 0) is 0 Å². The molecule has 1 aliphatic rings. The minimum absolute atomic E-state index is 0.0309. The summed E-state index contributed by atoms with van der Waals surface area (Å²) in [5.41, 5.74) is 3.86. The molecule has 1 amide bonds. The zero-order chi connectivity index (χ0) is 22.5. The molecule has 0 saturated heterocycles. The number of benzene rings is 3. The molecule has 32 heavy (non-hydrogen) atoms. The first-order chi connectivity index (χ1) is 15.6. The third-order valence-electron chi connectivity index (χ3n) is 5.75. The number of anilines is 2. The largest absolute Gasteiger partial charge is 0.497 e. The molecule has 0 radical (unpaired) electrons. The molecule has 3 aromatic rings. The average molecular weight is 432 g/mol. The van der Waals surface area contributed by atoms with Gasteiger partial charge in [-0.25, -0.2) is 0 Å². The number of methoxy groups -OCH3 is 1. The second-order valence-electron chi connectivity index (χ2n) is 7.85. The fourth-order valence-electron chi connectivity index (χ4n) is 3.92. The highest BCUT2D eigenvalue weighted by Gasteiger charge is 2.27. The van der Waals surface area contributed by atoms with E-state index in [1.807, 2.05) is 54.6 Å². The van der Waals surface area contributed by atoms with Crippen molar-refractivity contribution in [2.24, 2.45) is 0 Å². The first kappa shape index (κ1) is 21.7. The van der Waals surface area contributed by atoms with E-state index in [0.29, 0.717) is 18.7 Å². The van der Waals surface area contributed by atoms with E-state index >= 15 is 0 Å². The number of amides is 1. The Labute approximate surface area is 189 Å². The first-order valence-corrected chi connectivity index (χ1v) is 10.8. The molecule has 1 aliphatic heterocycles. The predicted molar refractivity (Wildman–Crippen MR) is 127 cm³/mol. The average Bonchev–Trinajstić information content (AvgIpc) is 2.86. The van der Waals surface area contributed by atoms with Crippen molar-refractivity contribution in [2.45, 2.75) is 19.1 Å². The lowest BCUT2D eigenvalue weighted by molar-refractivity contribution is 0.0963. The van der Waals surface area contributed by atoms with Crippen LogP contribution in [0.4, 0.5) is 11.4 Å². The van der Waals surface area contributed by atoms with Crippen LogP contribution in [0.3, 0.4) is 0 Å². The molecule has 0 aromatic heterocycles. The van der Waals surface area contributed by atoms with Gasteiger partial charge in [0.2, 0.25) is 0 Å². The number of rotatable bonds is 7. The Hall–Kier alpha value is -3.51. The van der Waals surface area contributed by atoms with Gasteiger partial charge in [-0.05, 0) is 61.0 Å². The van der Waals surface area contributed by atoms with Gasteiger partial charge in [-0.2, -0.15) is 0 Å². The molecule has 0 saturated carbocycles. The van der Waals surface area contributed by atoms with E-state index in [0.717, 1.165) is 22.9 Å². The van der Waals surface area contributed by atoms with E-state index in [9.17, 15) is 4.79 Å². The summed E-state index contributed by atoms with van der Waals surface area (Å²) in [7, 11) is 3.32. The van der Waals surface area contributed by atoms with Crippen LogP contribution < -0.4 is 25.0 Å². The normalized spacial score (nSPS) is 16.0. The number of carbonyl (C=O) groups is 1. The second-order valence-corrected chi connectivity index (χ2v) is 7.85. The smallest absolute Gasteiger partial charge is 0.251 e. The van der Waals surface area contributed by atoms with Crippen LogP contribution in [0, 0.1) is 0 Å². The molecule has 3 aromatic carbocycles. The summed E-state index contributed by atoms with van der Waals surface area (Å²) in [6.07, 6.45) is -0.0309. The van der Waals surface area contributed by atoms with Gasteiger partial charge in [0.25, 0.3) is 5.91 Å². The van der Waals surface area contributed by atoms with Crippen molar-refractivity contribution in [3.63, 3.8) is 0 Å². The molecule has 4 rings (SSSR count). The Morgan fingerprint density at radius 1 is 1.12 bits per heavy atom. The van der Waals surface area contributed by atoms with E-state index in [-0.39, 0.29) is 18.1 Å². The molecule has 0 spiro atoms. The third-order valence-corrected chi connectivity index (χ3v) is 5.75. The van der Waals surface area contributed by atoms with Crippen LogP contribution in [0.25, 0.3) is 0 Å². The monoisotopic (exact) mass is 431 g/mol. The Balaban J connectivity index is 1.50. The van der Waals surface area contributed by atoms with Crippen LogP contribution in [-0.4, -0.2) is 39.3 Å². The zero-order valence-corrected chi connectivity index (χ0v) is 18.7. The number of para-hydroxylation sites is 2. The van der Waals surface area contributed by atoms with Crippen molar-refractivity contribution in [3.8, 4) is 11.5 Å². The molecule has 6 nitrogen and oxygen atoms in total. The maximum atomic E-state index is 11.9. The fourth-order valence-corrected chi connectivity index (χ4v) is 3.92. The van der Waals surface area contributed by atoms with Crippen LogP contribution in [0.2, 0.25) is 0 Å². The van der Waals surface area contributed by atoms with E-state index in [4.69, 9.17) is 9.47 Å². The van der Waals surface area contributed by atoms with Gasteiger partial charge in [-0.1, -0.05) is 24.3 Å². The third kappa shape index (κ3) is 4.70. The molecular formula is C26H29N3O3. The van der Waals surface area contributed by atoms with E-state index < -0.39 is 0 Å². The van der Waals surface area contributed by atoms with Crippen molar-refractivity contribution in [1.29, 1.82) is 0 Å². The maximum Gasteiger partial charge on any atom is 0.251 e. The minimum atomic E-state index is -0.0902. The number of hydrogen-bond donors (Lipinski definition) is 2. The van der Waals surface area contributed by atoms with Crippen molar-refractivity contribution < 1.29 is 14.3 Å². The van der Waals surface area contributed by atoms with Crippen LogP contribution in [0.1, 0.15) is 28.9 Å². The Morgan fingerprint density at radius 3 is 2.66 bits per heavy atom. The topological polar surface area (TPSA) is 62.8 Å². The predicted octanol–water partition coefficient (Wildman–Crippen LogP) is 4.30. The summed E-state index contributed by atoms with van der Waals surface area (Å²) in [5, 5.41) is 6.26. The molecule has 0 aliphatic carbocycles. The molecule has 166 valence electrons. The van der Waals surface area contributed by atoms with Crippen LogP contribution in [0.5, 0.6) is 11.5 Å². The van der Waals surface area contributed by atoms with Crippen LogP contribution >= 0.6 is 0 Å². The highest BCUT2D eigenvalue weighted by atomic mass is 16.5. The van der Waals surface area contributed by atoms with Gasteiger partial charge in [0.1, 0.15) is 17.6 Å². The summed E-state index contributed by atoms with van der Waals surface area (Å²) < 4.78 is 11.6. The number of fused-ring (bicyclic) bond motifs is 1. The highest BCUT2D eigenvalue weighted by molar-refractivity contribution is 5.94. The van der Waals surface area contributed by atoms with Gasteiger partial charge in [-0.3, -0.25) is 4.79 Å². The SMILES string of the molecule is CNC(=O)c1ccc(N2CC(CN[C@H](C)c3cccc(OC)c3)Oc3ccccc32)cc1. The summed E-state index contributed by atoms with van der Waals surface area (Å²) >= 11 is 0. The maximum absolute atomic E-state index is 11.9. The van der Waals surface area contributed by atoms with Crippen molar-refractivity contribution >= 4 is 17.3 Å². The molecule has 1 heterocycles. The summed E-state index contributed by atoms with van der Waals surface area (Å²) in [5.74, 6) is 1.62. The molecule has 1 unspecified atom stereocenters. The lowest BCUT2D eigenvalue weighted by Gasteiger charge is -2.37. The quantitative estimate of drug-likeness (QED) is 0.584. The Kier molecular flexibility index (Phi) is 6.61. The summed E-state index contributed by atoms with van der Waals surface area (Å²) in [6, 6.07) is 24.0. The minimum Gasteiger partial charge on any atom is -0.497 e. The number of nitrogens with zero attached hydrogens (tertiary/aromatic N) is 1. The van der Waals surface area contributed by atoms with Crippen molar-refractivity contribution in [2.75, 3.05) is 32.1 Å². The number of nitrogens with one attached hydrogen (secondary N) is 2. The highest BCUT2D eigenvalue weighted by Crippen LogP contribution is 2.38. The summed E-state index contributed by atoms with van der Waals surface area (Å²) in [4.78, 5) is 14.1.